The van der Waals surface area contributed by atoms with Crippen LogP contribution in [0.25, 0.3) is 0 Å². The van der Waals surface area contributed by atoms with E-state index in [0.29, 0.717) is 14.9 Å². The molecule has 1 aromatic heterocycles. The molecule has 0 bridgehead atoms. The van der Waals surface area contributed by atoms with Crippen LogP contribution in [0.15, 0.2) is 34.1 Å². The minimum atomic E-state index is -0.136. The Labute approximate surface area is 133 Å². The van der Waals surface area contributed by atoms with Crippen molar-refractivity contribution in [2.45, 2.75) is 13.0 Å². The van der Waals surface area contributed by atoms with Gasteiger partial charge in [-0.05, 0) is 52.7 Å². The third-order valence-electron chi connectivity index (χ3n) is 2.59. The van der Waals surface area contributed by atoms with Crippen LogP contribution >= 0.6 is 50.5 Å². The summed E-state index contributed by atoms with van der Waals surface area (Å²) in [6.07, 6.45) is 0. The van der Waals surface area contributed by atoms with E-state index < -0.39 is 0 Å². The molecule has 1 amide bonds. The molecule has 0 saturated heterocycles. The number of nitrogens with one attached hydrogen (secondary N) is 1. The predicted octanol–water partition coefficient (Wildman–Crippen LogP) is 5.31. The molecule has 0 radical (unpaired) electrons. The highest BCUT2D eigenvalue weighted by Crippen LogP contribution is 2.26. The first-order valence-corrected chi connectivity index (χ1v) is 7.85. The molecule has 1 heterocycles. The van der Waals surface area contributed by atoms with Gasteiger partial charge in [0.25, 0.3) is 5.91 Å². The first kappa shape index (κ1) is 14.9. The van der Waals surface area contributed by atoms with Crippen molar-refractivity contribution in [3.05, 3.63) is 54.6 Å². The van der Waals surface area contributed by atoms with Gasteiger partial charge in [-0.3, -0.25) is 4.79 Å². The molecular weight excluding hydrogens is 369 g/mol. The highest BCUT2D eigenvalue weighted by atomic mass is 79.9. The second-order valence-electron chi connectivity index (χ2n) is 3.97. The molecular formula is C13H10BrCl2NOS. The summed E-state index contributed by atoms with van der Waals surface area (Å²) in [4.78, 5) is 12.7. The molecule has 0 saturated carbocycles. The summed E-state index contributed by atoms with van der Waals surface area (Å²) in [5.74, 6) is -0.103. The number of benzene rings is 1. The molecule has 6 heteroatoms. The fourth-order valence-electron chi connectivity index (χ4n) is 1.57. The number of rotatable bonds is 3. The molecule has 0 aliphatic carbocycles. The molecule has 2 rings (SSSR count). The zero-order valence-electron chi connectivity index (χ0n) is 9.91. The standard InChI is InChI=1S/C13H10BrCl2NOS/c1-7(8-2-3-9(15)10(16)6-8)17-13(18)11-4-5-12(14)19-11/h2-7H,1H3,(H,17,18). The van der Waals surface area contributed by atoms with E-state index in [1.54, 1.807) is 18.2 Å². The highest BCUT2D eigenvalue weighted by Gasteiger charge is 2.14. The van der Waals surface area contributed by atoms with Crippen molar-refractivity contribution in [3.63, 3.8) is 0 Å². The third kappa shape index (κ3) is 3.72. The van der Waals surface area contributed by atoms with Crippen LogP contribution in [0.5, 0.6) is 0 Å². The average molecular weight is 379 g/mol. The summed E-state index contributed by atoms with van der Waals surface area (Å²) in [6, 6.07) is 8.84. The lowest BCUT2D eigenvalue weighted by atomic mass is 10.1. The van der Waals surface area contributed by atoms with Gasteiger partial charge in [0.15, 0.2) is 0 Å². The van der Waals surface area contributed by atoms with Gasteiger partial charge in [0, 0.05) is 0 Å². The van der Waals surface area contributed by atoms with E-state index in [4.69, 9.17) is 23.2 Å². The number of thiophene rings is 1. The quantitative estimate of drug-likeness (QED) is 0.770. The Hall–Kier alpha value is -0.550. The Kier molecular flexibility index (Phi) is 4.90. The lowest BCUT2D eigenvalue weighted by molar-refractivity contribution is 0.0944. The van der Waals surface area contributed by atoms with Crippen LogP contribution in [0, 0.1) is 0 Å². The van der Waals surface area contributed by atoms with Crippen molar-refractivity contribution < 1.29 is 4.79 Å². The lowest BCUT2D eigenvalue weighted by Crippen LogP contribution is -2.25. The molecule has 0 aliphatic heterocycles. The number of hydrogen-bond acceptors (Lipinski definition) is 2. The molecule has 0 aliphatic rings. The summed E-state index contributed by atoms with van der Waals surface area (Å²) in [5.41, 5.74) is 0.915. The van der Waals surface area contributed by atoms with Gasteiger partial charge in [-0.15, -0.1) is 11.3 Å². The maximum atomic E-state index is 12.0. The summed E-state index contributed by atoms with van der Waals surface area (Å²) in [6.45, 7) is 1.90. The van der Waals surface area contributed by atoms with Gasteiger partial charge in [0.05, 0.1) is 24.8 Å². The maximum Gasteiger partial charge on any atom is 0.261 e. The van der Waals surface area contributed by atoms with Gasteiger partial charge in [-0.25, -0.2) is 0 Å². The van der Waals surface area contributed by atoms with Crippen molar-refractivity contribution in [1.29, 1.82) is 0 Å². The van der Waals surface area contributed by atoms with Crippen LogP contribution in [-0.2, 0) is 0 Å². The number of hydrogen-bond donors (Lipinski definition) is 1. The summed E-state index contributed by atoms with van der Waals surface area (Å²) < 4.78 is 0.930. The van der Waals surface area contributed by atoms with Gasteiger partial charge in [-0.2, -0.15) is 0 Å². The molecule has 100 valence electrons. The Morgan fingerprint density at radius 3 is 2.58 bits per heavy atom. The molecule has 1 unspecified atom stereocenters. The first-order chi connectivity index (χ1) is 8.97. The van der Waals surface area contributed by atoms with Gasteiger partial charge in [-0.1, -0.05) is 29.3 Å². The largest absolute Gasteiger partial charge is 0.345 e. The zero-order chi connectivity index (χ0) is 14.0. The topological polar surface area (TPSA) is 29.1 Å². The minimum absolute atomic E-state index is 0.103. The van der Waals surface area contributed by atoms with Crippen molar-refractivity contribution in [2.24, 2.45) is 0 Å². The average Bonchev–Trinajstić information content (AvgIpc) is 2.79. The molecule has 0 spiro atoms. The van der Waals surface area contributed by atoms with Crippen LogP contribution in [0.2, 0.25) is 10.0 Å². The second-order valence-corrected chi connectivity index (χ2v) is 7.25. The maximum absolute atomic E-state index is 12.0. The van der Waals surface area contributed by atoms with E-state index in [0.717, 1.165) is 9.35 Å². The van der Waals surface area contributed by atoms with Crippen LogP contribution in [-0.4, -0.2) is 5.91 Å². The molecule has 0 fully saturated rings. The lowest BCUT2D eigenvalue weighted by Gasteiger charge is -2.14. The van der Waals surface area contributed by atoms with Gasteiger partial charge in [0.1, 0.15) is 0 Å². The van der Waals surface area contributed by atoms with E-state index >= 15 is 0 Å². The number of carbonyl (C=O) groups excluding carboxylic acids is 1. The van der Waals surface area contributed by atoms with Gasteiger partial charge < -0.3 is 5.32 Å². The van der Waals surface area contributed by atoms with Gasteiger partial charge in [0.2, 0.25) is 0 Å². The zero-order valence-corrected chi connectivity index (χ0v) is 13.8. The molecule has 1 N–H and O–H groups in total. The van der Waals surface area contributed by atoms with Crippen LogP contribution in [0.1, 0.15) is 28.2 Å². The van der Waals surface area contributed by atoms with Gasteiger partial charge >= 0.3 is 0 Å². The third-order valence-corrected chi connectivity index (χ3v) is 4.95. The van der Waals surface area contributed by atoms with E-state index in [-0.39, 0.29) is 11.9 Å². The Balaban J connectivity index is 2.10. The Morgan fingerprint density at radius 1 is 1.26 bits per heavy atom. The predicted molar refractivity (Wildman–Crippen MR) is 84.4 cm³/mol. The molecule has 1 aromatic carbocycles. The SMILES string of the molecule is CC(NC(=O)c1ccc(Br)s1)c1ccc(Cl)c(Cl)c1. The Morgan fingerprint density at radius 2 is 2.00 bits per heavy atom. The number of halogens is 3. The fraction of sp³-hybridized carbons (Fsp3) is 0.154. The highest BCUT2D eigenvalue weighted by molar-refractivity contribution is 9.11. The monoisotopic (exact) mass is 377 g/mol. The molecule has 2 aromatic rings. The summed E-state index contributed by atoms with van der Waals surface area (Å²) >= 11 is 16.6. The minimum Gasteiger partial charge on any atom is -0.345 e. The van der Waals surface area contributed by atoms with Crippen LogP contribution in [0.4, 0.5) is 0 Å². The van der Waals surface area contributed by atoms with Crippen LogP contribution < -0.4 is 5.32 Å². The first-order valence-electron chi connectivity index (χ1n) is 5.48. The van der Waals surface area contributed by atoms with Crippen molar-refractivity contribution in [3.8, 4) is 0 Å². The van der Waals surface area contributed by atoms with Crippen LogP contribution in [0.3, 0.4) is 0 Å². The number of carbonyl (C=O) groups is 1. The fourth-order valence-corrected chi connectivity index (χ4v) is 3.16. The molecule has 19 heavy (non-hydrogen) atoms. The van der Waals surface area contributed by atoms with Crippen molar-refractivity contribution in [2.75, 3.05) is 0 Å². The summed E-state index contributed by atoms with van der Waals surface area (Å²) in [5, 5.41) is 3.91. The van der Waals surface area contributed by atoms with E-state index in [9.17, 15) is 4.79 Å². The van der Waals surface area contributed by atoms with Crippen molar-refractivity contribution in [1.82, 2.24) is 5.32 Å². The summed E-state index contributed by atoms with van der Waals surface area (Å²) in [7, 11) is 0. The van der Waals surface area contributed by atoms with E-state index in [2.05, 4.69) is 21.2 Å². The molecule has 1 atom stereocenters. The molecule has 2 nitrogen and oxygen atoms in total. The number of amides is 1. The smallest absolute Gasteiger partial charge is 0.261 e. The Bertz CT molecular complexity index is 614. The second kappa shape index (κ2) is 6.27. The van der Waals surface area contributed by atoms with E-state index in [1.807, 2.05) is 19.1 Å². The van der Waals surface area contributed by atoms with Crippen molar-refractivity contribution >= 4 is 56.4 Å². The normalized spacial score (nSPS) is 12.2. The van der Waals surface area contributed by atoms with E-state index in [1.165, 1.54) is 11.3 Å².